The average molecular weight is 554 g/mol. The van der Waals surface area contributed by atoms with Gasteiger partial charge in [0.15, 0.2) is 5.82 Å². The van der Waals surface area contributed by atoms with Crippen molar-refractivity contribution >= 4 is 64.2 Å². The van der Waals surface area contributed by atoms with Crippen LogP contribution in [0.3, 0.4) is 0 Å². The van der Waals surface area contributed by atoms with Crippen LogP contribution in [-0.2, 0) is 0 Å². The Morgan fingerprint density at radius 1 is 0.476 bits per heavy atom. The lowest BCUT2D eigenvalue weighted by Gasteiger charge is -2.13. The molecule has 3 nitrogen and oxygen atoms in total. The van der Waals surface area contributed by atoms with Crippen molar-refractivity contribution in [2.45, 2.75) is 0 Å². The van der Waals surface area contributed by atoms with Crippen LogP contribution in [0.4, 0.5) is 0 Å². The summed E-state index contributed by atoms with van der Waals surface area (Å²) in [7, 11) is 0. The van der Waals surface area contributed by atoms with E-state index in [-0.39, 0.29) is 0 Å². The fourth-order valence-corrected chi connectivity index (χ4v) is 7.45. The van der Waals surface area contributed by atoms with E-state index < -0.39 is 0 Å². The summed E-state index contributed by atoms with van der Waals surface area (Å²) in [5, 5.41) is 6.26. The van der Waals surface area contributed by atoms with Gasteiger partial charge in [-0.1, -0.05) is 97.1 Å². The molecule has 0 fully saturated rings. The van der Waals surface area contributed by atoms with Crippen molar-refractivity contribution in [3.05, 3.63) is 140 Å². The molecule has 0 saturated heterocycles. The lowest BCUT2D eigenvalue weighted by Crippen LogP contribution is -1.98. The minimum atomic E-state index is 0.735. The van der Waals surface area contributed by atoms with Crippen LogP contribution < -0.4 is 0 Å². The van der Waals surface area contributed by atoms with Gasteiger partial charge in [-0.25, -0.2) is 9.97 Å². The van der Waals surface area contributed by atoms with Gasteiger partial charge in [0.05, 0.1) is 22.2 Å². The molecule has 9 aromatic rings. The number of thiophene rings is 1. The summed E-state index contributed by atoms with van der Waals surface area (Å²) in [4.78, 5) is 10.2. The molecule has 0 saturated carbocycles. The predicted molar refractivity (Wildman–Crippen MR) is 178 cm³/mol. The highest BCUT2D eigenvalue weighted by Crippen LogP contribution is 2.43. The molecule has 0 unspecified atom stereocenters. The minimum Gasteiger partial charge on any atom is -0.309 e. The second-order valence-electron chi connectivity index (χ2n) is 10.6. The third kappa shape index (κ3) is 3.46. The summed E-state index contributed by atoms with van der Waals surface area (Å²) >= 11 is 1.87. The van der Waals surface area contributed by atoms with Crippen LogP contribution in [0.15, 0.2) is 140 Å². The standard InChI is InChI=1S/C38H23N3S/c1-3-11-24(12-4-1)37-29-23-26(19-20-30(29)39-38(40-37)25-13-5-2-6-14-25)41-31-17-9-7-15-27(31)35-32(41)21-22-34-36(35)28-16-8-10-18-33(28)42-34/h1-23H. The van der Waals surface area contributed by atoms with E-state index in [2.05, 4.69) is 120 Å². The van der Waals surface area contributed by atoms with Crippen LogP contribution in [0.5, 0.6) is 0 Å². The SMILES string of the molecule is c1ccc(-c2nc(-c3ccccc3)c3cc(-n4c5ccccc5c5c6c(ccc54)sc4ccccc46)ccc3n2)cc1. The molecule has 0 spiro atoms. The molecule has 9 rings (SSSR count). The molecule has 0 N–H and O–H groups in total. The molecular weight excluding hydrogens is 531 g/mol. The third-order valence-electron chi connectivity index (χ3n) is 8.19. The van der Waals surface area contributed by atoms with E-state index >= 15 is 0 Å². The maximum atomic E-state index is 5.14. The van der Waals surface area contributed by atoms with Crippen LogP contribution in [-0.4, -0.2) is 14.5 Å². The molecule has 42 heavy (non-hydrogen) atoms. The number of benzene rings is 6. The van der Waals surface area contributed by atoms with E-state index in [1.165, 1.54) is 42.0 Å². The van der Waals surface area contributed by atoms with Crippen molar-refractivity contribution < 1.29 is 0 Å². The van der Waals surface area contributed by atoms with Crippen LogP contribution in [0.2, 0.25) is 0 Å². The average Bonchev–Trinajstić information content (AvgIpc) is 3.60. The highest BCUT2D eigenvalue weighted by molar-refractivity contribution is 7.26. The molecule has 0 amide bonds. The Morgan fingerprint density at radius 2 is 1.19 bits per heavy atom. The van der Waals surface area contributed by atoms with Gasteiger partial charge < -0.3 is 4.57 Å². The highest BCUT2D eigenvalue weighted by Gasteiger charge is 2.19. The number of rotatable bonds is 3. The highest BCUT2D eigenvalue weighted by atomic mass is 32.1. The largest absolute Gasteiger partial charge is 0.309 e. The van der Waals surface area contributed by atoms with Gasteiger partial charge in [0, 0.05) is 53.1 Å². The number of para-hydroxylation sites is 1. The van der Waals surface area contributed by atoms with Gasteiger partial charge in [-0.2, -0.15) is 0 Å². The van der Waals surface area contributed by atoms with E-state index in [0.29, 0.717) is 0 Å². The van der Waals surface area contributed by atoms with Crippen LogP contribution in [0, 0.1) is 0 Å². The molecular formula is C38H23N3S. The molecule has 0 bridgehead atoms. The Labute approximate surface area is 246 Å². The van der Waals surface area contributed by atoms with Gasteiger partial charge >= 0.3 is 0 Å². The fourth-order valence-electron chi connectivity index (χ4n) is 6.34. The molecule has 0 aliphatic heterocycles. The van der Waals surface area contributed by atoms with Crippen LogP contribution in [0.25, 0.3) is 81.2 Å². The molecule has 6 aromatic carbocycles. The summed E-state index contributed by atoms with van der Waals surface area (Å²) in [5.74, 6) is 0.735. The smallest absolute Gasteiger partial charge is 0.160 e. The van der Waals surface area contributed by atoms with Crippen molar-refractivity contribution in [2.24, 2.45) is 0 Å². The second-order valence-corrected chi connectivity index (χ2v) is 11.7. The molecule has 0 aliphatic carbocycles. The second kappa shape index (κ2) is 9.10. The minimum absolute atomic E-state index is 0.735. The van der Waals surface area contributed by atoms with Gasteiger partial charge in [0.2, 0.25) is 0 Å². The Morgan fingerprint density at radius 3 is 2.02 bits per heavy atom. The van der Waals surface area contributed by atoms with Gasteiger partial charge in [-0.05, 0) is 42.5 Å². The Kier molecular flexibility index (Phi) is 5.07. The topological polar surface area (TPSA) is 30.7 Å². The lowest BCUT2D eigenvalue weighted by molar-refractivity contribution is 1.18. The summed E-state index contributed by atoms with van der Waals surface area (Å²) in [6, 6.07) is 49.3. The van der Waals surface area contributed by atoms with Gasteiger partial charge in [-0.3, -0.25) is 0 Å². The van der Waals surface area contributed by atoms with E-state index in [1.54, 1.807) is 0 Å². The maximum absolute atomic E-state index is 5.14. The van der Waals surface area contributed by atoms with Crippen LogP contribution >= 0.6 is 11.3 Å². The van der Waals surface area contributed by atoms with E-state index in [4.69, 9.17) is 9.97 Å². The van der Waals surface area contributed by atoms with Crippen molar-refractivity contribution in [3.63, 3.8) is 0 Å². The van der Waals surface area contributed by atoms with Crippen molar-refractivity contribution in [1.29, 1.82) is 0 Å². The monoisotopic (exact) mass is 553 g/mol. The zero-order valence-electron chi connectivity index (χ0n) is 22.5. The maximum Gasteiger partial charge on any atom is 0.160 e. The summed E-state index contributed by atoms with van der Waals surface area (Å²) in [6.45, 7) is 0. The fraction of sp³-hybridized carbons (Fsp3) is 0. The molecule has 3 aromatic heterocycles. The van der Waals surface area contributed by atoms with Crippen molar-refractivity contribution in [3.8, 4) is 28.3 Å². The van der Waals surface area contributed by atoms with Gasteiger partial charge in [0.25, 0.3) is 0 Å². The number of hydrogen-bond donors (Lipinski definition) is 0. The van der Waals surface area contributed by atoms with Gasteiger partial charge in [-0.15, -0.1) is 11.3 Å². The first-order valence-corrected chi connectivity index (χ1v) is 14.9. The number of nitrogens with zero attached hydrogens (tertiary/aromatic N) is 3. The normalized spacial score (nSPS) is 11.8. The van der Waals surface area contributed by atoms with Crippen molar-refractivity contribution in [2.75, 3.05) is 0 Å². The van der Waals surface area contributed by atoms with Crippen LogP contribution in [0.1, 0.15) is 0 Å². The lowest BCUT2D eigenvalue weighted by atomic mass is 10.0. The first-order chi connectivity index (χ1) is 20.8. The molecule has 0 aliphatic rings. The molecule has 0 atom stereocenters. The van der Waals surface area contributed by atoms with Gasteiger partial charge in [0.1, 0.15) is 0 Å². The summed E-state index contributed by atoms with van der Waals surface area (Å²) in [6.07, 6.45) is 0. The molecule has 3 heterocycles. The summed E-state index contributed by atoms with van der Waals surface area (Å²) < 4.78 is 5.04. The van der Waals surface area contributed by atoms with E-state index in [1.807, 2.05) is 35.6 Å². The number of aromatic nitrogens is 3. The number of hydrogen-bond acceptors (Lipinski definition) is 3. The summed E-state index contributed by atoms with van der Waals surface area (Å²) in [5.41, 5.74) is 7.45. The Bertz CT molecular complexity index is 2460. The third-order valence-corrected chi connectivity index (χ3v) is 9.33. The zero-order valence-corrected chi connectivity index (χ0v) is 23.3. The molecule has 4 heteroatoms. The van der Waals surface area contributed by atoms with Crippen molar-refractivity contribution in [1.82, 2.24) is 14.5 Å². The van der Waals surface area contributed by atoms with E-state index in [9.17, 15) is 0 Å². The number of fused-ring (bicyclic) bond motifs is 8. The Balaban J connectivity index is 1.36. The zero-order chi connectivity index (χ0) is 27.6. The van der Waals surface area contributed by atoms with E-state index in [0.717, 1.165) is 39.2 Å². The molecule has 0 radical (unpaired) electrons. The quantitative estimate of drug-likeness (QED) is 0.218. The first-order valence-electron chi connectivity index (χ1n) is 14.1. The first kappa shape index (κ1) is 23.4. The predicted octanol–water partition coefficient (Wildman–Crippen LogP) is 10.4. The Hall–Kier alpha value is -5.32. The molecule has 196 valence electrons.